The molecule has 0 radical (unpaired) electrons. The van der Waals surface area contributed by atoms with Crippen LogP contribution in [0.5, 0.6) is 11.5 Å². The fourth-order valence-electron chi connectivity index (χ4n) is 4.44. The first-order valence-electron chi connectivity index (χ1n) is 11.5. The fraction of sp³-hybridized carbons (Fsp3) is 0.308. The minimum Gasteiger partial charge on any atom is -0.486 e. The van der Waals surface area contributed by atoms with Gasteiger partial charge in [-0.05, 0) is 48.6 Å². The van der Waals surface area contributed by atoms with Crippen LogP contribution in [-0.4, -0.2) is 43.0 Å². The average Bonchev–Trinajstić information content (AvgIpc) is 3.40. The highest BCUT2D eigenvalue weighted by Gasteiger charge is 2.32. The largest absolute Gasteiger partial charge is 0.486 e. The molecular formula is C26H24F2N2O4S. The van der Waals surface area contributed by atoms with Crippen molar-refractivity contribution in [2.24, 2.45) is 5.92 Å². The number of hydrogen-bond acceptors (Lipinski definition) is 5. The molecule has 0 saturated carbocycles. The molecule has 5 rings (SSSR count). The van der Waals surface area contributed by atoms with Crippen LogP contribution >= 0.6 is 11.3 Å². The summed E-state index contributed by atoms with van der Waals surface area (Å²) in [5.41, 5.74) is 0.561. The maximum Gasteiger partial charge on any atom is 0.256 e. The predicted molar refractivity (Wildman–Crippen MR) is 128 cm³/mol. The molecule has 0 aliphatic carbocycles. The maximum atomic E-state index is 14.1. The van der Waals surface area contributed by atoms with Gasteiger partial charge in [-0.25, -0.2) is 8.78 Å². The molecule has 1 fully saturated rings. The number of anilines is 1. The highest BCUT2D eigenvalue weighted by molar-refractivity contribution is 7.09. The molecule has 2 aliphatic rings. The van der Waals surface area contributed by atoms with E-state index in [1.807, 2.05) is 35.7 Å². The SMILES string of the molecule is O=C(c1ccc(F)cc1F)N1CCC(C(=O)N(Cc2cccs2)c2ccc3c(c2)OCCO3)CC1. The molecule has 2 aliphatic heterocycles. The van der Waals surface area contributed by atoms with Crippen LogP contribution in [0.25, 0.3) is 0 Å². The number of ether oxygens (including phenoxy) is 2. The molecule has 0 atom stereocenters. The van der Waals surface area contributed by atoms with Gasteiger partial charge in [0.15, 0.2) is 11.5 Å². The Labute approximate surface area is 205 Å². The number of carbonyl (C=O) groups is 2. The number of fused-ring (bicyclic) bond motifs is 1. The first-order chi connectivity index (χ1) is 17.0. The third kappa shape index (κ3) is 5.00. The minimum atomic E-state index is -0.881. The molecule has 3 heterocycles. The molecule has 0 bridgehead atoms. The third-order valence-corrected chi connectivity index (χ3v) is 7.15. The monoisotopic (exact) mass is 498 g/mol. The Kier molecular flexibility index (Phi) is 6.68. The second-order valence-corrected chi connectivity index (χ2v) is 9.55. The van der Waals surface area contributed by atoms with Gasteiger partial charge in [0.2, 0.25) is 5.91 Å². The molecule has 182 valence electrons. The quantitative estimate of drug-likeness (QED) is 0.503. The van der Waals surface area contributed by atoms with Crippen LogP contribution in [0.3, 0.4) is 0 Å². The number of rotatable bonds is 5. The molecular weight excluding hydrogens is 474 g/mol. The highest BCUT2D eigenvalue weighted by Crippen LogP contribution is 2.36. The number of nitrogens with zero attached hydrogens (tertiary/aromatic N) is 2. The van der Waals surface area contributed by atoms with Crippen molar-refractivity contribution in [1.29, 1.82) is 0 Å². The van der Waals surface area contributed by atoms with E-state index < -0.39 is 17.5 Å². The lowest BCUT2D eigenvalue weighted by atomic mass is 9.94. The molecule has 9 heteroatoms. The Balaban J connectivity index is 1.31. The highest BCUT2D eigenvalue weighted by atomic mass is 32.1. The van der Waals surface area contributed by atoms with Crippen molar-refractivity contribution in [2.75, 3.05) is 31.2 Å². The average molecular weight is 499 g/mol. The minimum absolute atomic E-state index is 0.0323. The Morgan fingerprint density at radius 3 is 2.49 bits per heavy atom. The third-order valence-electron chi connectivity index (χ3n) is 6.29. The van der Waals surface area contributed by atoms with E-state index in [1.165, 1.54) is 4.90 Å². The van der Waals surface area contributed by atoms with Crippen LogP contribution < -0.4 is 14.4 Å². The molecule has 1 aromatic heterocycles. The Hall–Kier alpha value is -3.46. The maximum absolute atomic E-state index is 14.1. The molecule has 0 N–H and O–H groups in total. The lowest BCUT2D eigenvalue weighted by Crippen LogP contribution is -2.44. The van der Waals surface area contributed by atoms with Crippen molar-refractivity contribution in [2.45, 2.75) is 19.4 Å². The second-order valence-electron chi connectivity index (χ2n) is 8.52. The number of hydrogen-bond donors (Lipinski definition) is 0. The Morgan fingerprint density at radius 1 is 1.00 bits per heavy atom. The normalized spacial score (nSPS) is 15.7. The van der Waals surface area contributed by atoms with E-state index in [1.54, 1.807) is 16.2 Å². The van der Waals surface area contributed by atoms with Crippen LogP contribution in [0, 0.1) is 17.6 Å². The molecule has 0 unspecified atom stereocenters. The molecule has 35 heavy (non-hydrogen) atoms. The van der Waals surface area contributed by atoms with E-state index in [9.17, 15) is 18.4 Å². The molecule has 2 amide bonds. The summed E-state index contributed by atoms with van der Waals surface area (Å²) >= 11 is 1.58. The summed E-state index contributed by atoms with van der Waals surface area (Å²) < 4.78 is 38.6. The number of amides is 2. The molecule has 6 nitrogen and oxygen atoms in total. The Bertz CT molecular complexity index is 1230. The number of halogens is 2. The summed E-state index contributed by atoms with van der Waals surface area (Å²) in [5, 5.41) is 1.97. The second kappa shape index (κ2) is 10.0. The summed E-state index contributed by atoms with van der Waals surface area (Å²) in [4.78, 5) is 30.8. The van der Waals surface area contributed by atoms with Gasteiger partial charge in [0.25, 0.3) is 5.91 Å². The van der Waals surface area contributed by atoms with E-state index in [0.29, 0.717) is 63.3 Å². The molecule has 0 spiro atoms. The number of carbonyl (C=O) groups excluding carboxylic acids is 2. The lowest BCUT2D eigenvalue weighted by molar-refractivity contribution is -0.123. The van der Waals surface area contributed by atoms with E-state index in [-0.39, 0.29) is 17.4 Å². The zero-order chi connectivity index (χ0) is 24.4. The Morgan fingerprint density at radius 2 is 1.77 bits per heavy atom. The number of benzene rings is 2. The molecule has 2 aromatic carbocycles. The van der Waals surface area contributed by atoms with E-state index in [2.05, 4.69) is 0 Å². The van der Waals surface area contributed by atoms with Crippen molar-refractivity contribution < 1.29 is 27.8 Å². The van der Waals surface area contributed by atoms with Gasteiger partial charge in [-0.15, -0.1) is 11.3 Å². The van der Waals surface area contributed by atoms with Gasteiger partial charge in [0.05, 0.1) is 12.1 Å². The van der Waals surface area contributed by atoms with Gasteiger partial charge >= 0.3 is 0 Å². The van der Waals surface area contributed by atoms with Crippen LogP contribution in [0.1, 0.15) is 28.1 Å². The van der Waals surface area contributed by atoms with E-state index >= 15 is 0 Å². The van der Waals surface area contributed by atoms with Crippen LogP contribution in [0.4, 0.5) is 14.5 Å². The van der Waals surface area contributed by atoms with Crippen molar-refractivity contribution in [1.82, 2.24) is 4.90 Å². The summed E-state index contributed by atoms with van der Waals surface area (Å²) in [6, 6.07) is 12.4. The zero-order valence-electron chi connectivity index (χ0n) is 18.9. The number of thiophene rings is 1. The van der Waals surface area contributed by atoms with Gasteiger partial charge in [-0.1, -0.05) is 6.07 Å². The van der Waals surface area contributed by atoms with Crippen molar-refractivity contribution in [3.05, 3.63) is 76.0 Å². The summed E-state index contributed by atoms with van der Waals surface area (Å²) in [7, 11) is 0. The molecule has 1 saturated heterocycles. The lowest BCUT2D eigenvalue weighted by Gasteiger charge is -2.34. The van der Waals surface area contributed by atoms with Crippen molar-refractivity contribution in [3.8, 4) is 11.5 Å². The van der Waals surface area contributed by atoms with Crippen molar-refractivity contribution in [3.63, 3.8) is 0 Å². The first-order valence-corrected chi connectivity index (χ1v) is 12.4. The fourth-order valence-corrected chi connectivity index (χ4v) is 5.13. The zero-order valence-corrected chi connectivity index (χ0v) is 19.7. The van der Waals surface area contributed by atoms with Crippen LogP contribution in [0.15, 0.2) is 53.9 Å². The van der Waals surface area contributed by atoms with Gasteiger partial charge in [-0.3, -0.25) is 9.59 Å². The first kappa shape index (κ1) is 23.3. The van der Waals surface area contributed by atoms with Gasteiger partial charge < -0.3 is 19.3 Å². The summed E-state index contributed by atoms with van der Waals surface area (Å²) in [5.74, 6) is -1.15. The smallest absolute Gasteiger partial charge is 0.256 e. The van der Waals surface area contributed by atoms with Crippen LogP contribution in [-0.2, 0) is 11.3 Å². The standard InChI is InChI=1S/C26H24F2N2O4S/c27-18-3-5-21(22(28)14-18)26(32)29-9-7-17(8-10-29)25(31)30(16-20-2-1-13-35-20)19-4-6-23-24(15-19)34-12-11-33-23/h1-6,13-15,17H,7-12,16H2. The van der Waals surface area contributed by atoms with E-state index in [4.69, 9.17) is 9.47 Å². The van der Waals surface area contributed by atoms with Gasteiger partial charge in [-0.2, -0.15) is 0 Å². The summed E-state index contributed by atoms with van der Waals surface area (Å²) in [6.45, 7) is 2.01. The number of likely N-dealkylation sites (tertiary alicyclic amines) is 1. The van der Waals surface area contributed by atoms with Crippen molar-refractivity contribution >= 4 is 28.8 Å². The topological polar surface area (TPSA) is 59.1 Å². The van der Waals surface area contributed by atoms with Crippen LogP contribution in [0.2, 0.25) is 0 Å². The van der Waals surface area contributed by atoms with Gasteiger partial charge in [0.1, 0.15) is 24.8 Å². The summed E-state index contributed by atoms with van der Waals surface area (Å²) in [6.07, 6.45) is 0.914. The molecule has 3 aromatic rings. The van der Waals surface area contributed by atoms with E-state index in [0.717, 1.165) is 22.7 Å². The predicted octanol–water partition coefficient (Wildman–Crippen LogP) is 4.88. The number of piperidine rings is 1. The van der Waals surface area contributed by atoms with Gasteiger partial charge in [0, 0.05) is 41.7 Å².